The summed E-state index contributed by atoms with van der Waals surface area (Å²) in [5.41, 5.74) is 0.299. The highest BCUT2D eigenvalue weighted by Gasteiger charge is 2.31. The molecule has 1 N–H and O–H groups in total. The molecule has 0 aromatic heterocycles. The van der Waals surface area contributed by atoms with Crippen LogP contribution in [-0.4, -0.2) is 66.7 Å². The summed E-state index contributed by atoms with van der Waals surface area (Å²) in [7, 11) is 0. The number of nitrogens with one attached hydrogen (secondary N) is 1. The van der Waals surface area contributed by atoms with Gasteiger partial charge in [0.2, 0.25) is 5.91 Å². The lowest BCUT2D eigenvalue weighted by molar-refractivity contribution is -0.274. The van der Waals surface area contributed by atoms with Gasteiger partial charge in [-0.05, 0) is 37.6 Å². The van der Waals surface area contributed by atoms with Gasteiger partial charge < -0.3 is 15.0 Å². The molecule has 1 atom stereocenters. The third-order valence-corrected chi connectivity index (χ3v) is 4.38. The number of amides is 2. The Labute approximate surface area is 156 Å². The van der Waals surface area contributed by atoms with Crippen LogP contribution in [0.25, 0.3) is 0 Å². The zero-order chi connectivity index (χ0) is 20.0. The van der Waals surface area contributed by atoms with Crippen molar-refractivity contribution in [3.8, 4) is 5.75 Å². The average molecular weight is 387 g/mol. The molecule has 0 bridgehead atoms. The maximum absolute atomic E-state index is 12.5. The molecule has 1 aromatic carbocycles. The monoisotopic (exact) mass is 387 g/mol. The van der Waals surface area contributed by atoms with E-state index in [9.17, 15) is 22.8 Å². The number of hydrogen-bond donors (Lipinski definition) is 1. The first-order valence-corrected chi connectivity index (χ1v) is 8.84. The molecule has 6 nitrogen and oxygen atoms in total. The molecular weight excluding hydrogens is 363 g/mol. The van der Waals surface area contributed by atoms with Crippen LogP contribution in [0.3, 0.4) is 0 Å². The Balaban J connectivity index is 1.83. The van der Waals surface area contributed by atoms with E-state index < -0.39 is 6.36 Å². The Bertz CT molecular complexity index is 641. The summed E-state index contributed by atoms with van der Waals surface area (Å²) >= 11 is 0. The van der Waals surface area contributed by atoms with Crippen LogP contribution in [0, 0.1) is 0 Å². The molecule has 1 aromatic rings. The summed E-state index contributed by atoms with van der Waals surface area (Å²) in [5, 5.41) is 2.90. The standard InChI is InChI=1S/C18H24F3N3O3/c1-3-13(2)22-16(25)12-23-8-10-24(11-9-23)17(26)14-4-6-15(7-5-14)27-18(19,20)21/h4-7,13H,3,8-12H2,1-2H3,(H,22,25). The van der Waals surface area contributed by atoms with E-state index in [0.29, 0.717) is 31.7 Å². The summed E-state index contributed by atoms with van der Waals surface area (Å²) in [6, 6.07) is 5.00. The molecule has 2 rings (SSSR count). The third kappa shape index (κ3) is 6.74. The highest BCUT2D eigenvalue weighted by atomic mass is 19.4. The number of halogens is 3. The van der Waals surface area contributed by atoms with Crippen LogP contribution in [0.5, 0.6) is 5.75 Å². The van der Waals surface area contributed by atoms with Gasteiger partial charge in [0, 0.05) is 37.8 Å². The van der Waals surface area contributed by atoms with Gasteiger partial charge in [-0.2, -0.15) is 0 Å². The van der Waals surface area contributed by atoms with E-state index >= 15 is 0 Å². The summed E-state index contributed by atoms with van der Waals surface area (Å²) in [4.78, 5) is 28.0. The summed E-state index contributed by atoms with van der Waals surface area (Å²) in [6.07, 6.45) is -3.90. The predicted molar refractivity (Wildman–Crippen MR) is 93.4 cm³/mol. The van der Waals surface area contributed by atoms with Crippen LogP contribution in [0.1, 0.15) is 30.6 Å². The highest BCUT2D eigenvalue weighted by Crippen LogP contribution is 2.23. The normalized spacial score (nSPS) is 16.7. The summed E-state index contributed by atoms with van der Waals surface area (Å²) in [5.74, 6) is -0.655. The molecule has 1 heterocycles. The minimum absolute atomic E-state index is 0.0376. The largest absolute Gasteiger partial charge is 0.573 e. The van der Waals surface area contributed by atoms with Crippen molar-refractivity contribution in [1.29, 1.82) is 0 Å². The van der Waals surface area contributed by atoms with E-state index in [2.05, 4.69) is 10.1 Å². The molecule has 1 aliphatic rings. The van der Waals surface area contributed by atoms with Crippen molar-refractivity contribution in [2.45, 2.75) is 32.7 Å². The second-order valence-electron chi connectivity index (χ2n) is 6.52. The fourth-order valence-corrected chi connectivity index (χ4v) is 2.72. The average Bonchev–Trinajstić information content (AvgIpc) is 2.61. The number of hydrogen-bond acceptors (Lipinski definition) is 4. The molecule has 150 valence electrons. The maximum Gasteiger partial charge on any atom is 0.573 e. The first kappa shape index (κ1) is 21.0. The van der Waals surface area contributed by atoms with Crippen LogP contribution < -0.4 is 10.1 Å². The predicted octanol–water partition coefficient (Wildman–Crippen LogP) is 2.26. The van der Waals surface area contributed by atoms with Gasteiger partial charge in [0.05, 0.1) is 6.54 Å². The van der Waals surface area contributed by atoms with Crippen molar-refractivity contribution >= 4 is 11.8 Å². The van der Waals surface area contributed by atoms with Gasteiger partial charge in [-0.1, -0.05) is 6.92 Å². The van der Waals surface area contributed by atoms with Gasteiger partial charge >= 0.3 is 6.36 Å². The first-order chi connectivity index (χ1) is 12.7. The lowest BCUT2D eigenvalue weighted by Crippen LogP contribution is -2.51. The van der Waals surface area contributed by atoms with Gasteiger partial charge in [0.1, 0.15) is 5.75 Å². The Morgan fingerprint density at radius 1 is 1.15 bits per heavy atom. The fourth-order valence-electron chi connectivity index (χ4n) is 2.72. The molecule has 9 heteroatoms. The molecular formula is C18H24F3N3O3. The van der Waals surface area contributed by atoms with Crippen LogP contribution >= 0.6 is 0 Å². The van der Waals surface area contributed by atoms with E-state index in [1.54, 1.807) is 4.90 Å². The molecule has 0 radical (unpaired) electrons. The number of carbonyl (C=O) groups excluding carboxylic acids is 2. The molecule has 1 fully saturated rings. The lowest BCUT2D eigenvalue weighted by atomic mass is 10.1. The van der Waals surface area contributed by atoms with Gasteiger partial charge in [-0.15, -0.1) is 13.2 Å². The zero-order valence-corrected chi connectivity index (χ0v) is 15.4. The second kappa shape index (κ2) is 9.07. The highest BCUT2D eigenvalue weighted by molar-refractivity contribution is 5.94. The molecule has 2 amide bonds. The Hall–Kier alpha value is -2.29. The van der Waals surface area contributed by atoms with E-state index in [0.717, 1.165) is 18.6 Å². The molecule has 1 aliphatic heterocycles. The lowest BCUT2D eigenvalue weighted by Gasteiger charge is -2.34. The SMILES string of the molecule is CCC(C)NC(=O)CN1CCN(C(=O)c2ccc(OC(F)(F)F)cc2)CC1. The maximum atomic E-state index is 12.5. The Kier molecular flexibility index (Phi) is 7.06. The first-order valence-electron chi connectivity index (χ1n) is 8.84. The molecule has 1 unspecified atom stereocenters. The Morgan fingerprint density at radius 2 is 1.74 bits per heavy atom. The number of carbonyl (C=O) groups is 2. The van der Waals surface area contributed by atoms with Crippen molar-refractivity contribution in [1.82, 2.24) is 15.1 Å². The smallest absolute Gasteiger partial charge is 0.406 e. The number of alkyl halides is 3. The zero-order valence-electron chi connectivity index (χ0n) is 15.4. The summed E-state index contributed by atoms with van der Waals surface area (Å²) in [6.45, 7) is 6.27. The number of ether oxygens (including phenoxy) is 1. The summed E-state index contributed by atoms with van der Waals surface area (Å²) < 4.78 is 40.3. The van der Waals surface area contributed by atoms with Crippen molar-refractivity contribution in [2.75, 3.05) is 32.7 Å². The Morgan fingerprint density at radius 3 is 2.26 bits per heavy atom. The van der Waals surface area contributed by atoms with E-state index in [1.807, 2.05) is 18.7 Å². The van der Waals surface area contributed by atoms with Crippen LogP contribution in [0.4, 0.5) is 13.2 Å². The van der Waals surface area contributed by atoms with E-state index in [-0.39, 0.29) is 30.2 Å². The van der Waals surface area contributed by atoms with E-state index in [4.69, 9.17) is 0 Å². The number of nitrogens with zero attached hydrogens (tertiary/aromatic N) is 2. The van der Waals surface area contributed by atoms with Crippen LogP contribution in [0.2, 0.25) is 0 Å². The van der Waals surface area contributed by atoms with Crippen molar-refractivity contribution < 1.29 is 27.5 Å². The topological polar surface area (TPSA) is 61.9 Å². The van der Waals surface area contributed by atoms with Crippen LogP contribution in [0.15, 0.2) is 24.3 Å². The minimum Gasteiger partial charge on any atom is -0.406 e. The third-order valence-electron chi connectivity index (χ3n) is 4.38. The molecule has 0 spiro atoms. The van der Waals surface area contributed by atoms with Gasteiger partial charge in [-0.3, -0.25) is 14.5 Å². The van der Waals surface area contributed by atoms with Crippen molar-refractivity contribution in [2.24, 2.45) is 0 Å². The minimum atomic E-state index is -4.76. The van der Waals surface area contributed by atoms with Crippen molar-refractivity contribution in [3.05, 3.63) is 29.8 Å². The molecule has 27 heavy (non-hydrogen) atoms. The van der Waals surface area contributed by atoms with Crippen molar-refractivity contribution in [3.63, 3.8) is 0 Å². The number of rotatable bonds is 6. The number of benzene rings is 1. The van der Waals surface area contributed by atoms with Crippen LogP contribution in [-0.2, 0) is 4.79 Å². The van der Waals surface area contributed by atoms with Gasteiger partial charge in [0.15, 0.2) is 0 Å². The van der Waals surface area contributed by atoms with Gasteiger partial charge in [0.25, 0.3) is 5.91 Å². The number of piperazine rings is 1. The molecule has 0 aliphatic carbocycles. The second-order valence-corrected chi connectivity index (χ2v) is 6.52. The quantitative estimate of drug-likeness (QED) is 0.814. The van der Waals surface area contributed by atoms with Gasteiger partial charge in [-0.25, -0.2) is 0 Å². The van der Waals surface area contributed by atoms with E-state index in [1.165, 1.54) is 12.1 Å². The fraction of sp³-hybridized carbons (Fsp3) is 0.556. The molecule has 0 saturated carbocycles. The molecule has 1 saturated heterocycles.